The minimum absolute atomic E-state index is 0.202. The Morgan fingerprint density at radius 2 is 1.73 bits per heavy atom. The van der Waals surface area contributed by atoms with Crippen LogP contribution < -0.4 is 10.7 Å². The topological polar surface area (TPSA) is 84.3 Å². The molecule has 0 saturated carbocycles. The number of carbonyl (C=O) groups excluding carboxylic acids is 2. The fourth-order valence-electron chi connectivity index (χ4n) is 3.07. The van der Waals surface area contributed by atoms with Crippen LogP contribution in [0.5, 0.6) is 0 Å². The number of carbonyl (C=O) groups is 2. The smallest absolute Gasteiger partial charge is 0.278 e. The molecule has 30 heavy (non-hydrogen) atoms. The molecule has 3 rings (SSSR count). The van der Waals surface area contributed by atoms with Gasteiger partial charge in [0.25, 0.3) is 5.91 Å². The quantitative estimate of drug-likeness (QED) is 0.709. The number of para-hydroxylation sites is 1. The van der Waals surface area contributed by atoms with Crippen molar-refractivity contribution in [2.75, 3.05) is 18.9 Å². The molecule has 0 aliphatic rings. The van der Waals surface area contributed by atoms with Crippen LogP contribution in [-0.2, 0) is 4.79 Å². The molecule has 1 N–H and O–H groups in total. The van der Waals surface area contributed by atoms with E-state index >= 15 is 0 Å². The van der Waals surface area contributed by atoms with Gasteiger partial charge < -0.3 is 10.2 Å². The van der Waals surface area contributed by atoms with Gasteiger partial charge in [-0.1, -0.05) is 30.3 Å². The first-order chi connectivity index (χ1) is 14.3. The van der Waals surface area contributed by atoms with Crippen molar-refractivity contribution in [1.29, 1.82) is 0 Å². The van der Waals surface area contributed by atoms with Gasteiger partial charge in [0.05, 0.1) is 12.2 Å². The Kier molecular flexibility index (Phi) is 6.11. The number of hydrogen-bond acceptors (Lipinski definition) is 4. The molecule has 0 unspecified atom stereocenters. The van der Waals surface area contributed by atoms with Crippen LogP contribution in [0, 0.1) is 20.8 Å². The Bertz CT molecular complexity index is 1150. The summed E-state index contributed by atoms with van der Waals surface area (Å²) in [5.74, 6) is -0.962. The Hall–Kier alpha value is -3.74. The van der Waals surface area contributed by atoms with Crippen LogP contribution in [0.4, 0.5) is 5.69 Å². The zero-order chi connectivity index (χ0) is 21.8. The third-order valence-electron chi connectivity index (χ3n) is 4.92. The lowest BCUT2D eigenvalue weighted by molar-refractivity contribution is -0.116. The highest BCUT2D eigenvalue weighted by molar-refractivity contribution is 5.98. The first-order valence-corrected chi connectivity index (χ1v) is 9.56. The lowest BCUT2D eigenvalue weighted by Gasteiger charge is -2.18. The number of hydrogen-bond donors (Lipinski definition) is 1. The van der Waals surface area contributed by atoms with Crippen LogP contribution >= 0.6 is 0 Å². The fraction of sp³-hybridized carbons (Fsp3) is 0.217. The third-order valence-corrected chi connectivity index (χ3v) is 4.92. The number of amides is 2. The number of nitrogens with zero attached hydrogens (tertiary/aromatic N) is 3. The van der Waals surface area contributed by atoms with E-state index in [1.165, 1.54) is 18.0 Å². The molecule has 0 spiro atoms. The molecule has 1 heterocycles. The molecule has 0 fully saturated rings. The largest absolute Gasteiger partial charge is 0.331 e. The van der Waals surface area contributed by atoms with E-state index < -0.39 is 11.3 Å². The highest BCUT2D eigenvalue weighted by Gasteiger charge is 2.21. The number of aromatic nitrogens is 2. The summed E-state index contributed by atoms with van der Waals surface area (Å²) >= 11 is 0. The molecular weight excluding hydrogens is 380 g/mol. The summed E-state index contributed by atoms with van der Waals surface area (Å²) in [5, 5.41) is 7.07. The summed E-state index contributed by atoms with van der Waals surface area (Å²) in [7, 11) is 1.47. The lowest BCUT2D eigenvalue weighted by atomic mass is 10.1. The minimum atomic E-state index is -0.610. The lowest BCUT2D eigenvalue weighted by Crippen LogP contribution is -2.38. The van der Waals surface area contributed by atoms with Crippen LogP contribution in [0.15, 0.2) is 59.4 Å². The molecule has 2 amide bonds. The van der Waals surface area contributed by atoms with E-state index in [2.05, 4.69) is 10.4 Å². The average Bonchev–Trinajstić information content (AvgIpc) is 2.71. The number of aryl methyl sites for hydroxylation is 2. The van der Waals surface area contributed by atoms with E-state index in [1.807, 2.05) is 62.4 Å². The molecular formula is C23H24N4O3. The second-order valence-electron chi connectivity index (χ2n) is 7.20. The van der Waals surface area contributed by atoms with Gasteiger partial charge >= 0.3 is 0 Å². The molecule has 1 aromatic heterocycles. The van der Waals surface area contributed by atoms with Gasteiger partial charge in [-0.2, -0.15) is 5.10 Å². The zero-order valence-electron chi connectivity index (χ0n) is 17.5. The van der Waals surface area contributed by atoms with Gasteiger partial charge in [-0.15, -0.1) is 0 Å². The Morgan fingerprint density at radius 3 is 2.43 bits per heavy atom. The van der Waals surface area contributed by atoms with Gasteiger partial charge in [-0.3, -0.25) is 14.4 Å². The van der Waals surface area contributed by atoms with Crippen LogP contribution in [0.25, 0.3) is 5.69 Å². The summed E-state index contributed by atoms with van der Waals surface area (Å²) in [5.41, 5.74) is 3.35. The molecule has 0 radical (unpaired) electrons. The second-order valence-corrected chi connectivity index (χ2v) is 7.20. The standard InChI is InChI=1S/C23H24N4O3/c1-15-9-8-12-19(17(15)3)24-21(29)14-26(4)23(30)22-20(28)13-16(2)27(25-22)18-10-6-5-7-11-18/h5-13H,14H2,1-4H3,(H,24,29). The number of likely N-dealkylation sites (N-methyl/N-ethyl adjacent to an activating group) is 1. The average molecular weight is 404 g/mol. The maximum atomic E-state index is 12.8. The number of benzene rings is 2. The van der Waals surface area contributed by atoms with Crippen LogP contribution in [0.1, 0.15) is 27.3 Å². The molecule has 7 nitrogen and oxygen atoms in total. The predicted octanol–water partition coefficient (Wildman–Crippen LogP) is 2.87. The van der Waals surface area contributed by atoms with Gasteiger partial charge in [0, 0.05) is 24.5 Å². The first kappa shape index (κ1) is 21.0. The van der Waals surface area contributed by atoms with E-state index in [4.69, 9.17) is 0 Å². The van der Waals surface area contributed by atoms with Crippen LogP contribution in [0.2, 0.25) is 0 Å². The van der Waals surface area contributed by atoms with Gasteiger partial charge in [0.2, 0.25) is 11.3 Å². The molecule has 0 saturated heterocycles. The van der Waals surface area contributed by atoms with E-state index in [9.17, 15) is 14.4 Å². The molecule has 0 aliphatic carbocycles. The van der Waals surface area contributed by atoms with Crippen molar-refractivity contribution >= 4 is 17.5 Å². The number of nitrogens with one attached hydrogen (secondary N) is 1. The van der Waals surface area contributed by atoms with Gasteiger partial charge in [-0.05, 0) is 50.1 Å². The van der Waals surface area contributed by atoms with E-state index in [1.54, 1.807) is 11.6 Å². The van der Waals surface area contributed by atoms with E-state index in [0.29, 0.717) is 11.4 Å². The monoisotopic (exact) mass is 404 g/mol. The van der Waals surface area contributed by atoms with Crippen molar-refractivity contribution in [2.24, 2.45) is 0 Å². The minimum Gasteiger partial charge on any atom is -0.331 e. The van der Waals surface area contributed by atoms with Crippen molar-refractivity contribution in [3.8, 4) is 5.69 Å². The normalized spacial score (nSPS) is 10.5. The van der Waals surface area contributed by atoms with Crippen molar-refractivity contribution in [2.45, 2.75) is 20.8 Å². The Labute approximate surface area is 175 Å². The van der Waals surface area contributed by atoms with E-state index in [-0.39, 0.29) is 18.1 Å². The molecule has 0 aliphatic heterocycles. The van der Waals surface area contributed by atoms with Crippen molar-refractivity contribution in [1.82, 2.24) is 14.7 Å². The third kappa shape index (κ3) is 4.46. The maximum Gasteiger partial charge on any atom is 0.278 e. The van der Waals surface area contributed by atoms with E-state index in [0.717, 1.165) is 16.8 Å². The van der Waals surface area contributed by atoms with Gasteiger partial charge in [0.15, 0.2) is 5.69 Å². The van der Waals surface area contributed by atoms with Crippen molar-refractivity contribution < 1.29 is 9.59 Å². The molecule has 154 valence electrons. The molecule has 3 aromatic rings. The van der Waals surface area contributed by atoms with Crippen LogP contribution in [0.3, 0.4) is 0 Å². The summed E-state index contributed by atoms with van der Waals surface area (Å²) in [6.45, 7) is 5.42. The van der Waals surface area contributed by atoms with Crippen molar-refractivity contribution in [3.63, 3.8) is 0 Å². The summed E-state index contributed by atoms with van der Waals surface area (Å²) in [6, 6.07) is 16.2. The van der Waals surface area contributed by atoms with Crippen molar-refractivity contribution in [3.05, 3.63) is 87.3 Å². The van der Waals surface area contributed by atoms with Gasteiger partial charge in [-0.25, -0.2) is 4.68 Å². The highest BCUT2D eigenvalue weighted by atomic mass is 16.2. The molecule has 7 heteroatoms. The first-order valence-electron chi connectivity index (χ1n) is 9.56. The maximum absolute atomic E-state index is 12.8. The predicted molar refractivity (Wildman–Crippen MR) is 116 cm³/mol. The molecule has 2 aromatic carbocycles. The summed E-state index contributed by atoms with van der Waals surface area (Å²) in [6.07, 6.45) is 0. The fourth-order valence-corrected chi connectivity index (χ4v) is 3.07. The SMILES string of the molecule is Cc1cccc(NC(=O)CN(C)C(=O)c2nn(-c3ccccc3)c(C)cc2=O)c1C. The second kappa shape index (κ2) is 8.73. The van der Waals surface area contributed by atoms with Gasteiger partial charge in [0.1, 0.15) is 0 Å². The highest BCUT2D eigenvalue weighted by Crippen LogP contribution is 2.17. The molecule has 0 atom stereocenters. The number of rotatable bonds is 5. The summed E-state index contributed by atoms with van der Waals surface area (Å²) < 4.78 is 1.54. The number of anilines is 1. The Balaban J connectivity index is 1.80. The van der Waals surface area contributed by atoms with Crippen LogP contribution in [-0.4, -0.2) is 40.1 Å². The zero-order valence-corrected chi connectivity index (χ0v) is 17.5. The Morgan fingerprint density at radius 1 is 1.03 bits per heavy atom. The molecule has 0 bridgehead atoms. The summed E-state index contributed by atoms with van der Waals surface area (Å²) in [4.78, 5) is 38.9.